The van der Waals surface area contributed by atoms with Gasteiger partial charge in [0.15, 0.2) is 0 Å². The van der Waals surface area contributed by atoms with Crippen LogP contribution in [0.25, 0.3) is 0 Å². The maximum atomic E-state index is 12.2. The van der Waals surface area contributed by atoms with Crippen molar-refractivity contribution in [2.45, 2.75) is 43.1 Å². The molecule has 0 saturated carbocycles. The molecule has 1 aliphatic rings. The third-order valence-electron chi connectivity index (χ3n) is 4.03. The lowest BCUT2D eigenvalue weighted by atomic mass is 9.99. The molecule has 1 heterocycles. The quantitative estimate of drug-likeness (QED) is 0.225. The number of carboxylic acid groups (broad SMARTS) is 2. The summed E-state index contributed by atoms with van der Waals surface area (Å²) < 4.78 is 0. The molecule has 8 N–H and O–H groups in total. The maximum Gasteiger partial charge on any atom is 0.352 e. The van der Waals surface area contributed by atoms with Crippen LogP contribution in [0.3, 0.4) is 0 Å². The fourth-order valence-corrected chi connectivity index (χ4v) is 3.60. The Bertz CT molecular complexity index is 681. The largest absolute Gasteiger partial charge is 0.480 e. The Morgan fingerprint density at radius 2 is 2.04 bits per heavy atom. The number of carbonyl (C=O) groups is 5. The molecule has 2 amide bonds. The molecular formula is C15H22N4O7S. The zero-order chi connectivity index (χ0) is 20.8. The average molecular weight is 402 g/mol. The fourth-order valence-electron chi connectivity index (χ4n) is 2.33. The van der Waals surface area contributed by atoms with Crippen molar-refractivity contribution in [3.05, 3.63) is 11.3 Å². The zero-order valence-electron chi connectivity index (χ0n) is 14.6. The number of rotatable bonds is 10. The van der Waals surface area contributed by atoms with Gasteiger partial charge in [0.2, 0.25) is 11.8 Å². The molecule has 3 atom stereocenters. The molecule has 27 heavy (non-hydrogen) atoms. The Hall–Kier alpha value is -2.60. The number of amides is 2. The minimum absolute atomic E-state index is 0.0181. The van der Waals surface area contributed by atoms with E-state index in [1.54, 1.807) is 0 Å². The number of aldehydes is 1. The number of hydrogen-bond donors (Lipinski definition) is 6. The molecule has 0 spiro atoms. The third-order valence-corrected chi connectivity index (χ3v) is 5.43. The van der Waals surface area contributed by atoms with E-state index in [1.807, 2.05) is 0 Å². The standard InChI is InChI=1S/C15H22N4O7S/c1-15(13(17)26,19-9(21)4-2-3-8(16)11(22)23)14-18-10(12(24)25)7(5-20)6-27-14/h5,8,14,18H,2-4,6,16H2,1H3,(H2,17,26)(H,19,21)(H,22,23)(H,24,25)/t8-,14-,15-/m1/s1. The summed E-state index contributed by atoms with van der Waals surface area (Å²) in [7, 11) is 0. The van der Waals surface area contributed by atoms with Gasteiger partial charge in [-0.3, -0.25) is 19.2 Å². The summed E-state index contributed by atoms with van der Waals surface area (Å²) in [5.41, 5.74) is 8.79. The number of primary amides is 1. The van der Waals surface area contributed by atoms with Gasteiger partial charge in [-0.25, -0.2) is 4.79 Å². The van der Waals surface area contributed by atoms with Gasteiger partial charge in [0.25, 0.3) is 0 Å². The molecule has 0 aromatic heterocycles. The molecule has 11 nitrogen and oxygen atoms in total. The first-order valence-electron chi connectivity index (χ1n) is 7.92. The van der Waals surface area contributed by atoms with Gasteiger partial charge in [-0.05, 0) is 19.8 Å². The SMILES string of the molecule is C[C@@](NC(=O)CCC[C@@H](N)C(=O)O)(C(N)=O)[C@@H]1NC(C(=O)O)=C(C=O)CS1. The Labute approximate surface area is 158 Å². The van der Waals surface area contributed by atoms with Crippen LogP contribution in [-0.4, -0.2) is 63.0 Å². The van der Waals surface area contributed by atoms with Crippen LogP contribution in [0, 0.1) is 0 Å². The van der Waals surface area contributed by atoms with E-state index in [0.717, 1.165) is 11.8 Å². The molecule has 0 aromatic carbocycles. The first-order valence-corrected chi connectivity index (χ1v) is 8.96. The summed E-state index contributed by atoms with van der Waals surface area (Å²) in [6.07, 6.45) is 0.560. The van der Waals surface area contributed by atoms with Crippen molar-refractivity contribution in [1.29, 1.82) is 0 Å². The van der Waals surface area contributed by atoms with Crippen LogP contribution in [0.4, 0.5) is 0 Å². The van der Waals surface area contributed by atoms with Crippen molar-refractivity contribution in [1.82, 2.24) is 10.6 Å². The van der Waals surface area contributed by atoms with Crippen molar-refractivity contribution >= 4 is 41.8 Å². The lowest BCUT2D eigenvalue weighted by Gasteiger charge is -2.38. The minimum atomic E-state index is -1.65. The summed E-state index contributed by atoms with van der Waals surface area (Å²) in [5, 5.41) is 22.0. The van der Waals surface area contributed by atoms with E-state index in [2.05, 4.69) is 10.6 Å². The van der Waals surface area contributed by atoms with Crippen molar-refractivity contribution in [2.24, 2.45) is 11.5 Å². The molecule has 150 valence electrons. The topological polar surface area (TPSA) is 202 Å². The van der Waals surface area contributed by atoms with E-state index in [0.29, 0.717) is 6.29 Å². The van der Waals surface area contributed by atoms with E-state index < -0.39 is 40.7 Å². The van der Waals surface area contributed by atoms with Crippen molar-refractivity contribution in [3.8, 4) is 0 Å². The Morgan fingerprint density at radius 3 is 2.52 bits per heavy atom. The van der Waals surface area contributed by atoms with Crippen molar-refractivity contribution in [3.63, 3.8) is 0 Å². The van der Waals surface area contributed by atoms with Crippen LogP contribution >= 0.6 is 11.8 Å². The van der Waals surface area contributed by atoms with Crippen LogP contribution in [-0.2, 0) is 24.0 Å². The lowest BCUT2D eigenvalue weighted by molar-refractivity contribution is -0.139. The molecule has 0 fully saturated rings. The number of nitrogens with one attached hydrogen (secondary N) is 2. The van der Waals surface area contributed by atoms with Crippen molar-refractivity contribution < 1.29 is 34.2 Å². The molecular weight excluding hydrogens is 380 g/mol. The highest BCUT2D eigenvalue weighted by atomic mass is 32.2. The highest BCUT2D eigenvalue weighted by molar-refractivity contribution is 8.00. The number of carboxylic acids is 2. The van der Waals surface area contributed by atoms with Crippen molar-refractivity contribution in [2.75, 3.05) is 5.75 Å². The predicted molar refractivity (Wildman–Crippen MR) is 95.3 cm³/mol. The smallest absolute Gasteiger partial charge is 0.352 e. The monoisotopic (exact) mass is 402 g/mol. The van der Waals surface area contributed by atoms with Gasteiger partial charge >= 0.3 is 11.9 Å². The summed E-state index contributed by atoms with van der Waals surface area (Å²) >= 11 is 1.05. The van der Waals surface area contributed by atoms with Crippen LogP contribution in [0.5, 0.6) is 0 Å². The Balaban J connectivity index is 2.84. The summed E-state index contributed by atoms with van der Waals surface area (Å²) in [6.45, 7) is 1.34. The second-order valence-electron chi connectivity index (χ2n) is 6.11. The predicted octanol–water partition coefficient (Wildman–Crippen LogP) is -1.87. The first-order chi connectivity index (χ1) is 12.5. The van der Waals surface area contributed by atoms with Gasteiger partial charge in [0.05, 0.1) is 0 Å². The van der Waals surface area contributed by atoms with Gasteiger partial charge in [-0.2, -0.15) is 0 Å². The number of thioether (sulfide) groups is 1. The number of hydrogen-bond acceptors (Lipinski definition) is 8. The molecule has 1 aliphatic heterocycles. The average Bonchev–Trinajstić information content (AvgIpc) is 2.60. The molecule has 0 aliphatic carbocycles. The maximum absolute atomic E-state index is 12.2. The molecule has 0 bridgehead atoms. The van der Waals surface area contributed by atoms with Gasteiger partial charge in [0, 0.05) is 17.7 Å². The van der Waals surface area contributed by atoms with E-state index >= 15 is 0 Å². The second kappa shape index (κ2) is 9.37. The van der Waals surface area contributed by atoms with Crippen LogP contribution in [0.1, 0.15) is 26.2 Å². The third kappa shape index (κ3) is 5.69. The molecule has 0 aromatic rings. The summed E-state index contributed by atoms with van der Waals surface area (Å²) in [6, 6.07) is -1.10. The molecule has 1 rings (SSSR count). The Morgan fingerprint density at radius 1 is 1.41 bits per heavy atom. The zero-order valence-corrected chi connectivity index (χ0v) is 15.4. The molecule has 12 heteroatoms. The van der Waals surface area contributed by atoms with Gasteiger partial charge < -0.3 is 32.3 Å². The number of aliphatic carboxylic acids is 2. The molecule has 0 unspecified atom stereocenters. The van der Waals surface area contributed by atoms with Gasteiger partial charge in [-0.15, -0.1) is 11.8 Å². The molecule has 0 radical (unpaired) electrons. The summed E-state index contributed by atoms with van der Waals surface area (Å²) in [5.74, 6) is -4.00. The van der Waals surface area contributed by atoms with Gasteiger partial charge in [-0.1, -0.05) is 0 Å². The van der Waals surface area contributed by atoms with E-state index in [9.17, 15) is 29.1 Å². The molecule has 0 saturated heterocycles. The van der Waals surface area contributed by atoms with E-state index in [-0.39, 0.29) is 36.3 Å². The minimum Gasteiger partial charge on any atom is -0.480 e. The fraction of sp³-hybridized carbons (Fsp3) is 0.533. The van der Waals surface area contributed by atoms with Crippen LogP contribution in [0.2, 0.25) is 0 Å². The lowest BCUT2D eigenvalue weighted by Crippen LogP contribution is -2.66. The summed E-state index contributed by atoms with van der Waals surface area (Å²) in [4.78, 5) is 57.1. The Kier molecular flexibility index (Phi) is 7.79. The number of carbonyl (C=O) groups excluding carboxylic acids is 3. The highest BCUT2D eigenvalue weighted by Crippen LogP contribution is 2.29. The van der Waals surface area contributed by atoms with E-state index in [4.69, 9.17) is 16.6 Å². The van der Waals surface area contributed by atoms with Crippen LogP contribution < -0.4 is 22.1 Å². The first kappa shape index (κ1) is 22.4. The van der Waals surface area contributed by atoms with Crippen LogP contribution in [0.15, 0.2) is 11.3 Å². The van der Waals surface area contributed by atoms with Gasteiger partial charge in [0.1, 0.15) is 28.9 Å². The van der Waals surface area contributed by atoms with E-state index in [1.165, 1.54) is 6.92 Å². The highest BCUT2D eigenvalue weighted by Gasteiger charge is 2.44. The second-order valence-corrected chi connectivity index (χ2v) is 7.20. The number of nitrogens with two attached hydrogens (primary N) is 2. The normalized spacial score (nSPS) is 20.0.